The largest absolute Gasteiger partial charge is 0.338 e. The minimum absolute atomic E-state index is 0.107. The van der Waals surface area contributed by atoms with Crippen LogP contribution in [0.4, 0.5) is 10.7 Å². The zero-order chi connectivity index (χ0) is 23.5. The molecule has 1 aliphatic carbocycles. The number of hydrogen-bond donors (Lipinski definition) is 3. The van der Waals surface area contributed by atoms with Crippen molar-refractivity contribution >= 4 is 56.6 Å². The molecule has 0 unspecified atom stereocenters. The third-order valence-corrected chi connectivity index (χ3v) is 7.99. The fraction of sp³-hybridized carbons (Fsp3) is 0.269. The molecule has 6 nitrogen and oxygen atoms in total. The quantitative estimate of drug-likeness (QED) is 0.306. The predicted octanol–water partition coefficient (Wildman–Crippen LogP) is 5.79. The monoisotopic (exact) mass is 490 g/mol. The van der Waals surface area contributed by atoms with Crippen LogP contribution in [0.1, 0.15) is 28.8 Å². The summed E-state index contributed by atoms with van der Waals surface area (Å²) in [5.41, 5.74) is 6.13. The highest BCUT2D eigenvalue weighted by atomic mass is 32.2. The maximum absolute atomic E-state index is 12.8. The highest BCUT2D eigenvalue weighted by Crippen LogP contribution is 2.43. The minimum Gasteiger partial charge on any atom is -0.338 e. The number of aromatic amines is 1. The van der Waals surface area contributed by atoms with Crippen molar-refractivity contribution in [1.29, 1.82) is 0 Å². The van der Waals surface area contributed by atoms with Gasteiger partial charge in [0, 0.05) is 10.6 Å². The molecule has 0 aliphatic heterocycles. The van der Waals surface area contributed by atoms with Crippen LogP contribution in [0.25, 0.3) is 22.4 Å². The first-order valence-electron chi connectivity index (χ1n) is 11.4. The number of H-pyrrole nitrogens is 1. The molecule has 4 aromatic rings. The lowest BCUT2D eigenvalue weighted by Gasteiger charge is -2.12. The van der Waals surface area contributed by atoms with E-state index in [0.29, 0.717) is 0 Å². The van der Waals surface area contributed by atoms with E-state index in [9.17, 15) is 9.59 Å². The van der Waals surface area contributed by atoms with E-state index in [0.717, 1.165) is 57.9 Å². The van der Waals surface area contributed by atoms with E-state index in [-0.39, 0.29) is 23.3 Å². The molecule has 0 spiro atoms. The minimum atomic E-state index is -0.115. The van der Waals surface area contributed by atoms with Crippen molar-refractivity contribution in [2.45, 2.75) is 32.6 Å². The van der Waals surface area contributed by atoms with Gasteiger partial charge < -0.3 is 15.6 Å². The van der Waals surface area contributed by atoms with Crippen molar-refractivity contribution in [3.8, 4) is 11.4 Å². The third-order valence-electron chi connectivity index (χ3n) is 5.85. The molecule has 5 rings (SSSR count). The molecular formula is C26H26N4O2S2. The summed E-state index contributed by atoms with van der Waals surface area (Å²) in [6.45, 7) is 2.00. The Labute approximate surface area is 206 Å². The van der Waals surface area contributed by atoms with Gasteiger partial charge in [0.15, 0.2) is 0 Å². The Hall–Kier alpha value is -3.10. The van der Waals surface area contributed by atoms with Gasteiger partial charge in [-0.1, -0.05) is 29.8 Å². The number of hydrogen-bond acceptors (Lipinski definition) is 5. The number of thioether (sulfide) groups is 1. The number of amides is 2. The third kappa shape index (κ3) is 5.03. The zero-order valence-corrected chi connectivity index (χ0v) is 20.6. The number of carbonyl (C=O) groups excluding carboxylic acids is 2. The fourth-order valence-electron chi connectivity index (χ4n) is 4.21. The predicted molar refractivity (Wildman–Crippen MR) is 142 cm³/mol. The van der Waals surface area contributed by atoms with Crippen molar-refractivity contribution in [2.24, 2.45) is 0 Å². The molecule has 174 valence electrons. The van der Waals surface area contributed by atoms with Crippen molar-refractivity contribution in [2.75, 3.05) is 22.1 Å². The Balaban J connectivity index is 1.25. The number of thiophene rings is 1. The van der Waals surface area contributed by atoms with Crippen molar-refractivity contribution in [1.82, 2.24) is 9.97 Å². The molecule has 0 bridgehead atoms. The summed E-state index contributed by atoms with van der Waals surface area (Å²) in [5, 5.41) is 6.82. The van der Waals surface area contributed by atoms with Gasteiger partial charge in [0.1, 0.15) is 10.8 Å². The second kappa shape index (κ2) is 10.0. The molecule has 2 amide bonds. The zero-order valence-electron chi connectivity index (χ0n) is 18.9. The van der Waals surface area contributed by atoms with E-state index in [4.69, 9.17) is 4.98 Å². The van der Waals surface area contributed by atoms with E-state index >= 15 is 0 Å². The highest BCUT2D eigenvalue weighted by molar-refractivity contribution is 8.00. The maximum atomic E-state index is 12.8. The number of aromatic nitrogens is 2. The molecule has 0 saturated carbocycles. The molecule has 8 heteroatoms. The summed E-state index contributed by atoms with van der Waals surface area (Å²) in [6.07, 6.45) is 4.36. The van der Waals surface area contributed by atoms with Gasteiger partial charge in [-0.2, -0.15) is 0 Å². The van der Waals surface area contributed by atoms with E-state index in [2.05, 4.69) is 15.6 Å². The summed E-state index contributed by atoms with van der Waals surface area (Å²) < 4.78 is 0. The number of nitrogens with one attached hydrogen (secondary N) is 3. The topological polar surface area (TPSA) is 86.9 Å². The summed E-state index contributed by atoms with van der Waals surface area (Å²) >= 11 is 2.97. The lowest BCUT2D eigenvalue weighted by atomic mass is 9.95. The Bertz CT molecular complexity index is 1310. The lowest BCUT2D eigenvalue weighted by molar-refractivity contribution is -0.114. The molecule has 1 aliphatic rings. The number of rotatable bonds is 7. The number of para-hydroxylation sites is 2. The first kappa shape index (κ1) is 22.7. The van der Waals surface area contributed by atoms with Crippen LogP contribution in [0.3, 0.4) is 0 Å². The Morgan fingerprint density at radius 2 is 1.74 bits per heavy atom. The summed E-state index contributed by atoms with van der Waals surface area (Å²) in [6, 6.07) is 15.6. The second-order valence-electron chi connectivity index (χ2n) is 8.47. The van der Waals surface area contributed by atoms with Crippen LogP contribution in [0.5, 0.6) is 0 Å². The number of benzene rings is 2. The maximum Gasteiger partial charge on any atom is 0.235 e. The standard InChI is InChI=1S/C26H26N4O2S2/c1-16-10-12-17(13-11-16)27-22(31)14-33-15-23(32)30-26-24(18-6-2-5-9-21(18)34-26)25-28-19-7-3-4-8-20(19)29-25/h3-4,7-8,10-13H,2,5-6,9,14-15H2,1H3,(H,27,31)(H,28,29)(H,30,32). The average Bonchev–Trinajstić information content (AvgIpc) is 3.41. The molecule has 2 aromatic carbocycles. The molecule has 0 fully saturated rings. The Morgan fingerprint density at radius 3 is 2.53 bits per heavy atom. The van der Waals surface area contributed by atoms with E-state index < -0.39 is 0 Å². The van der Waals surface area contributed by atoms with Gasteiger partial charge in [-0.3, -0.25) is 9.59 Å². The molecular weight excluding hydrogens is 464 g/mol. The van der Waals surface area contributed by atoms with E-state index in [1.807, 2.05) is 55.5 Å². The SMILES string of the molecule is Cc1ccc(NC(=O)CSCC(=O)Nc2sc3c(c2-c2nc4ccccc4[nH]2)CCCC3)cc1. The number of aryl methyl sites for hydroxylation is 2. The first-order chi connectivity index (χ1) is 16.6. The number of fused-ring (bicyclic) bond motifs is 2. The average molecular weight is 491 g/mol. The number of imidazole rings is 1. The van der Waals surface area contributed by atoms with Gasteiger partial charge in [0.2, 0.25) is 11.8 Å². The molecule has 34 heavy (non-hydrogen) atoms. The van der Waals surface area contributed by atoms with Gasteiger partial charge >= 0.3 is 0 Å². The van der Waals surface area contributed by atoms with Crippen LogP contribution in [0.2, 0.25) is 0 Å². The summed E-state index contributed by atoms with van der Waals surface area (Å²) in [5.74, 6) is 1.02. The van der Waals surface area contributed by atoms with Gasteiger partial charge in [0.05, 0.1) is 28.1 Å². The summed E-state index contributed by atoms with van der Waals surface area (Å²) in [4.78, 5) is 34.6. The van der Waals surface area contributed by atoms with Crippen molar-refractivity contribution in [3.05, 3.63) is 64.5 Å². The normalized spacial score (nSPS) is 13.0. The van der Waals surface area contributed by atoms with E-state index in [1.54, 1.807) is 11.3 Å². The molecule has 3 N–H and O–H groups in total. The number of nitrogens with zero attached hydrogens (tertiary/aromatic N) is 1. The first-order valence-corrected chi connectivity index (χ1v) is 13.4. The van der Waals surface area contributed by atoms with Gasteiger partial charge in [-0.05, 0) is 62.4 Å². The van der Waals surface area contributed by atoms with Crippen LogP contribution in [-0.2, 0) is 22.4 Å². The van der Waals surface area contributed by atoms with E-state index in [1.165, 1.54) is 28.6 Å². The molecule has 2 aromatic heterocycles. The second-order valence-corrected chi connectivity index (χ2v) is 10.6. The molecule has 2 heterocycles. The molecule has 0 atom stereocenters. The Kier molecular flexibility index (Phi) is 6.69. The van der Waals surface area contributed by atoms with Crippen LogP contribution in [0, 0.1) is 6.92 Å². The van der Waals surface area contributed by atoms with Crippen LogP contribution >= 0.6 is 23.1 Å². The van der Waals surface area contributed by atoms with Crippen LogP contribution in [-0.4, -0.2) is 33.3 Å². The van der Waals surface area contributed by atoms with Crippen LogP contribution < -0.4 is 10.6 Å². The Morgan fingerprint density at radius 1 is 1.00 bits per heavy atom. The van der Waals surface area contributed by atoms with Gasteiger partial charge in [-0.25, -0.2) is 4.98 Å². The lowest BCUT2D eigenvalue weighted by Crippen LogP contribution is -2.18. The fourth-order valence-corrected chi connectivity index (χ4v) is 6.13. The van der Waals surface area contributed by atoms with Crippen LogP contribution in [0.15, 0.2) is 48.5 Å². The van der Waals surface area contributed by atoms with Crippen molar-refractivity contribution < 1.29 is 9.59 Å². The highest BCUT2D eigenvalue weighted by Gasteiger charge is 2.25. The molecule has 0 radical (unpaired) electrons. The smallest absolute Gasteiger partial charge is 0.235 e. The number of anilines is 2. The van der Waals surface area contributed by atoms with Crippen molar-refractivity contribution in [3.63, 3.8) is 0 Å². The summed E-state index contributed by atoms with van der Waals surface area (Å²) in [7, 11) is 0. The number of carbonyl (C=O) groups is 2. The van der Waals surface area contributed by atoms with Gasteiger partial charge in [0.25, 0.3) is 0 Å². The molecule has 0 saturated heterocycles. The van der Waals surface area contributed by atoms with Gasteiger partial charge in [-0.15, -0.1) is 23.1 Å².